The van der Waals surface area contributed by atoms with E-state index in [9.17, 15) is 5.11 Å². The Bertz CT molecular complexity index is 434. The zero-order valence-electron chi connectivity index (χ0n) is 11.2. The Balaban J connectivity index is 2.35. The van der Waals surface area contributed by atoms with Gasteiger partial charge in [-0.2, -0.15) is 0 Å². The average Bonchev–Trinajstić information content (AvgIpc) is 2.41. The second-order valence-corrected chi connectivity index (χ2v) is 6.05. The van der Waals surface area contributed by atoms with Crippen molar-refractivity contribution in [2.24, 2.45) is 0 Å². The average molecular weight is 269 g/mol. The van der Waals surface area contributed by atoms with E-state index < -0.39 is 0 Å². The molecule has 0 radical (unpaired) electrons. The van der Waals surface area contributed by atoms with E-state index in [0.29, 0.717) is 13.1 Å². The van der Waals surface area contributed by atoms with Crippen molar-refractivity contribution in [1.29, 1.82) is 0 Å². The Hall–Kier alpha value is -0.770. The molecule has 1 unspecified atom stereocenters. The molecule has 100 valence electrons. The Morgan fingerprint density at radius 3 is 2.83 bits per heavy atom. The minimum atomic E-state index is -0.355. The van der Waals surface area contributed by atoms with Crippen molar-refractivity contribution >= 4 is 17.3 Å². The summed E-state index contributed by atoms with van der Waals surface area (Å²) in [6.45, 7) is 8.45. The first-order valence-corrected chi connectivity index (χ1v) is 6.70. The Kier molecular flexibility index (Phi) is 3.85. The lowest BCUT2D eigenvalue weighted by Crippen LogP contribution is -2.49. The fourth-order valence-electron chi connectivity index (χ4n) is 2.37. The molecule has 0 saturated carbocycles. The van der Waals surface area contributed by atoms with Gasteiger partial charge in [0.25, 0.3) is 0 Å². The summed E-state index contributed by atoms with van der Waals surface area (Å²) in [7, 11) is 0. The number of rotatable bonds is 1. The first-order chi connectivity index (χ1) is 8.40. The maximum Gasteiger partial charge on any atom is 0.0839 e. The van der Waals surface area contributed by atoms with E-state index in [1.54, 1.807) is 0 Å². The molecule has 0 amide bonds. The second kappa shape index (κ2) is 5.08. The van der Waals surface area contributed by atoms with E-state index in [-0.39, 0.29) is 11.6 Å². The molecule has 4 heteroatoms. The standard InChI is InChI=1S/C14H21ClN2O/c1-10-4-5-11(6-13(10)15)17-8-12(18)7-16-9-14(17,2)3/h4-6,12,16,18H,7-9H2,1-3H3. The van der Waals surface area contributed by atoms with Crippen molar-refractivity contribution in [2.45, 2.75) is 32.4 Å². The molecule has 0 aliphatic carbocycles. The van der Waals surface area contributed by atoms with Gasteiger partial charge >= 0.3 is 0 Å². The Morgan fingerprint density at radius 1 is 1.44 bits per heavy atom. The van der Waals surface area contributed by atoms with Crippen molar-refractivity contribution in [3.8, 4) is 0 Å². The van der Waals surface area contributed by atoms with Crippen LogP contribution in [0.4, 0.5) is 5.69 Å². The lowest BCUT2D eigenvalue weighted by molar-refractivity contribution is 0.183. The van der Waals surface area contributed by atoms with Crippen molar-refractivity contribution in [3.63, 3.8) is 0 Å². The van der Waals surface area contributed by atoms with E-state index in [2.05, 4.69) is 30.1 Å². The van der Waals surface area contributed by atoms with Crippen molar-refractivity contribution in [2.75, 3.05) is 24.5 Å². The van der Waals surface area contributed by atoms with E-state index >= 15 is 0 Å². The highest BCUT2D eigenvalue weighted by molar-refractivity contribution is 6.31. The van der Waals surface area contributed by atoms with Crippen molar-refractivity contribution in [1.82, 2.24) is 5.32 Å². The quantitative estimate of drug-likeness (QED) is 0.820. The molecule has 2 rings (SSSR count). The summed E-state index contributed by atoms with van der Waals surface area (Å²) in [5.41, 5.74) is 2.10. The van der Waals surface area contributed by atoms with Crippen molar-refractivity contribution < 1.29 is 5.11 Å². The predicted molar refractivity (Wildman–Crippen MR) is 76.5 cm³/mol. The summed E-state index contributed by atoms with van der Waals surface area (Å²) in [6, 6.07) is 6.08. The van der Waals surface area contributed by atoms with Crippen LogP contribution in [0.3, 0.4) is 0 Å². The molecule has 0 aromatic heterocycles. The molecule has 0 bridgehead atoms. The van der Waals surface area contributed by atoms with E-state index in [1.807, 2.05) is 19.1 Å². The molecule has 0 spiro atoms. The van der Waals surface area contributed by atoms with Gasteiger partial charge in [0, 0.05) is 35.9 Å². The fourth-order valence-corrected chi connectivity index (χ4v) is 2.54. The van der Waals surface area contributed by atoms with Crippen LogP contribution in [-0.2, 0) is 0 Å². The van der Waals surface area contributed by atoms with Crippen LogP contribution in [0.15, 0.2) is 18.2 Å². The van der Waals surface area contributed by atoms with Gasteiger partial charge in [-0.1, -0.05) is 17.7 Å². The predicted octanol–water partition coefficient (Wildman–Crippen LogP) is 2.20. The number of nitrogens with one attached hydrogen (secondary N) is 1. The first kappa shape index (κ1) is 13.7. The maximum atomic E-state index is 9.94. The van der Waals surface area contributed by atoms with Gasteiger partial charge in [0.1, 0.15) is 0 Å². The summed E-state index contributed by atoms with van der Waals surface area (Å²) < 4.78 is 0. The lowest BCUT2D eigenvalue weighted by atomic mass is 10.0. The number of hydrogen-bond acceptors (Lipinski definition) is 3. The maximum absolute atomic E-state index is 9.94. The number of aryl methyl sites for hydroxylation is 1. The summed E-state index contributed by atoms with van der Waals surface area (Å²) in [5, 5.41) is 14.0. The molecule has 1 aliphatic heterocycles. The van der Waals surface area contributed by atoms with Gasteiger partial charge in [0.05, 0.1) is 6.10 Å². The van der Waals surface area contributed by atoms with Crippen LogP contribution >= 0.6 is 11.6 Å². The van der Waals surface area contributed by atoms with E-state index in [0.717, 1.165) is 22.8 Å². The summed E-state index contributed by atoms with van der Waals surface area (Å²) >= 11 is 6.20. The number of benzene rings is 1. The van der Waals surface area contributed by atoms with Gasteiger partial charge in [0.15, 0.2) is 0 Å². The third-order valence-corrected chi connectivity index (χ3v) is 3.94. The van der Waals surface area contributed by atoms with Crippen LogP contribution < -0.4 is 10.2 Å². The second-order valence-electron chi connectivity index (χ2n) is 5.64. The minimum absolute atomic E-state index is 0.0456. The van der Waals surface area contributed by atoms with E-state index in [1.165, 1.54) is 0 Å². The largest absolute Gasteiger partial charge is 0.390 e. The van der Waals surface area contributed by atoms with Gasteiger partial charge < -0.3 is 15.3 Å². The molecule has 2 N–H and O–H groups in total. The number of nitrogens with zero attached hydrogens (tertiary/aromatic N) is 1. The molecule has 1 aromatic carbocycles. The molecule has 1 aromatic rings. The first-order valence-electron chi connectivity index (χ1n) is 6.33. The summed E-state index contributed by atoms with van der Waals surface area (Å²) in [5.74, 6) is 0. The number of anilines is 1. The number of aliphatic hydroxyl groups excluding tert-OH is 1. The Labute approximate surface area is 114 Å². The van der Waals surface area contributed by atoms with Gasteiger partial charge in [-0.15, -0.1) is 0 Å². The third-order valence-electron chi connectivity index (χ3n) is 3.53. The molecule has 3 nitrogen and oxygen atoms in total. The van der Waals surface area contributed by atoms with Gasteiger partial charge in [-0.3, -0.25) is 0 Å². The zero-order valence-corrected chi connectivity index (χ0v) is 12.0. The van der Waals surface area contributed by atoms with Gasteiger partial charge in [-0.05, 0) is 38.5 Å². The highest BCUT2D eigenvalue weighted by Crippen LogP contribution is 2.29. The van der Waals surface area contributed by atoms with Crippen LogP contribution in [0, 0.1) is 6.92 Å². The minimum Gasteiger partial charge on any atom is -0.390 e. The van der Waals surface area contributed by atoms with E-state index in [4.69, 9.17) is 11.6 Å². The molecule has 1 atom stereocenters. The van der Waals surface area contributed by atoms with Crippen LogP contribution in [-0.4, -0.2) is 36.4 Å². The molecule has 1 fully saturated rings. The van der Waals surface area contributed by atoms with Crippen LogP contribution in [0.2, 0.25) is 5.02 Å². The molecule has 1 heterocycles. The monoisotopic (exact) mass is 268 g/mol. The summed E-state index contributed by atoms with van der Waals surface area (Å²) in [6.07, 6.45) is -0.355. The van der Waals surface area contributed by atoms with Crippen LogP contribution in [0.1, 0.15) is 19.4 Å². The van der Waals surface area contributed by atoms with Crippen LogP contribution in [0.25, 0.3) is 0 Å². The van der Waals surface area contributed by atoms with Crippen molar-refractivity contribution in [3.05, 3.63) is 28.8 Å². The fraction of sp³-hybridized carbons (Fsp3) is 0.571. The molecule has 1 saturated heterocycles. The number of aliphatic hydroxyl groups is 1. The molecular formula is C14H21ClN2O. The zero-order chi connectivity index (χ0) is 13.3. The smallest absolute Gasteiger partial charge is 0.0839 e. The van der Waals surface area contributed by atoms with Crippen LogP contribution in [0.5, 0.6) is 0 Å². The SMILES string of the molecule is Cc1ccc(N2CC(O)CNCC2(C)C)cc1Cl. The van der Waals surface area contributed by atoms with Gasteiger partial charge in [0.2, 0.25) is 0 Å². The molecule has 18 heavy (non-hydrogen) atoms. The summed E-state index contributed by atoms with van der Waals surface area (Å²) in [4.78, 5) is 2.23. The van der Waals surface area contributed by atoms with Gasteiger partial charge in [-0.25, -0.2) is 0 Å². The molecular weight excluding hydrogens is 248 g/mol. The highest BCUT2D eigenvalue weighted by Gasteiger charge is 2.31. The number of β-amino-alcohol motifs (C(OH)–C–C–N with tert-alkyl or cyclic N) is 1. The normalized spacial score (nSPS) is 23.8. The third kappa shape index (κ3) is 2.79. The highest BCUT2D eigenvalue weighted by atomic mass is 35.5. The number of halogens is 1. The molecule has 1 aliphatic rings. The number of hydrogen-bond donors (Lipinski definition) is 2. The lowest BCUT2D eigenvalue weighted by Gasteiger charge is -2.39. The topological polar surface area (TPSA) is 35.5 Å². The Morgan fingerprint density at radius 2 is 2.17 bits per heavy atom.